The number of ether oxygens (including phenoxy) is 1. The van der Waals surface area contributed by atoms with Gasteiger partial charge in [-0.1, -0.05) is 36.4 Å². The molecule has 13 heteroatoms. The van der Waals surface area contributed by atoms with E-state index in [4.69, 9.17) is 4.74 Å². The van der Waals surface area contributed by atoms with Crippen LogP contribution in [-0.4, -0.2) is 53.5 Å². The normalized spacial score (nSPS) is 16.5. The number of carbonyl (C=O) groups excluding carboxylic acids is 2. The van der Waals surface area contributed by atoms with Crippen molar-refractivity contribution in [3.05, 3.63) is 106 Å². The van der Waals surface area contributed by atoms with Crippen LogP contribution in [0, 0.1) is 12.7 Å². The van der Waals surface area contributed by atoms with Gasteiger partial charge in [0.15, 0.2) is 0 Å². The Morgan fingerprint density at radius 1 is 0.932 bits per heavy atom. The minimum Gasteiger partial charge on any atom is -0.442 e. The highest BCUT2D eigenvalue weighted by atomic mass is 19.4. The SMILES string of the molecule is Cc1cc(F)ccc1[C@H]1CN(C(=O)O[C@H](C)c2ccccc2)CCN1C(=O)N(C)Cc1cc(C(F)(F)F)cc(C(F)(F)F)c1. The predicted molar refractivity (Wildman–Crippen MR) is 147 cm³/mol. The van der Waals surface area contributed by atoms with Crippen molar-refractivity contribution in [2.24, 2.45) is 0 Å². The first-order valence-electron chi connectivity index (χ1n) is 13.6. The number of benzene rings is 3. The monoisotopic (exact) mass is 625 g/mol. The van der Waals surface area contributed by atoms with Crippen molar-refractivity contribution in [3.8, 4) is 0 Å². The van der Waals surface area contributed by atoms with Crippen LogP contribution >= 0.6 is 0 Å². The minimum absolute atomic E-state index is 0.0234. The molecule has 0 bridgehead atoms. The van der Waals surface area contributed by atoms with Crippen LogP contribution in [0.3, 0.4) is 0 Å². The Bertz CT molecular complexity index is 1460. The topological polar surface area (TPSA) is 53.1 Å². The molecule has 0 aromatic heterocycles. The van der Waals surface area contributed by atoms with Gasteiger partial charge in [0.2, 0.25) is 0 Å². The summed E-state index contributed by atoms with van der Waals surface area (Å²) in [6.07, 6.45) is -11.3. The fraction of sp³-hybridized carbons (Fsp3) is 0.355. The molecule has 0 N–H and O–H groups in total. The molecule has 0 saturated carbocycles. The largest absolute Gasteiger partial charge is 0.442 e. The van der Waals surface area contributed by atoms with Gasteiger partial charge in [-0.05, 0) is 66.4 Å². The third-order valence-electron chi connectivity index (χ3n) is 7.42. The molecule has 1 saturated heterocycles. The second-order valence-electron chi connectivity index (χ2n) is 10.6. The Kier molecular flexibility index (Phi) is 9.45. The van der Waals surface area contributed by atoms with E-state index in [9.17, 15) is 40.3 Å². The van der Waals surface area contributed by atoms with Gasteiger partial charge in [0.1, 0.15) is 11.9 Å². The Labute approximate surface area is 249 Å². The fourth-order valence-corrected chi connectivity index (χ4v) is 5.15. The third kappa shape index (κ3) is 7.61. The van der Waals surface area contributed by atoms with E-state index in [1.807, 2.05) is 6.07 Å². The molecule has 0 aliphatic carbocycles. The quantitative estimate of drug-likeness (QED) is 0.270. The van der Waals surface area contributed by atoms with Gasteiger partial charge >= 0.3 is 24.5 Å². The van der Waals surface area contributed by atoms with Crippen LogP contribution < -0.4 is 0 Å². The molecule has 3 amide bonds. The average Bonchev–Trinajstić information content (AvgIpc) is 2.96. The van der Waals surface area contributed by atoms with Crippen molar-refractivity contribution in [3.63, 3.8) is 0 Å². The lowest BCUT2D eigenvalue weighted by Gasteiger charge is -2.43. The van der Waals surface area contributed by atoms with E-state index in [0.717, 1.165) is 10.5 Å². The first-order chi connectivity index (χ1) is 20.5. The number of nitrogens with zero attached hydrogens (tertiary/aromatic N) is 3. The van der Waals surface area contributed by atoms with E-state index in [1.165, 1.54) is 35.0 Å². The summed E-state index contributed by atoms with van der Waals surface area (Å²) in [5, 5.41) is 0. The number of amides is 3. The van der Waals surface area contributed by atoms with E-state index in [-0.39, 0.29) is 31.3 Å². The first kappa shape index (κ1) is 32.6. The second-order valence-corrected chi connectivity index (χ2v) is 10.6. The summed E-state index contributed by atoms with van der Waals surface area (Å²) in [7, 11) is 1.26. The van der Waals surface area contributed by atoms with E-state index < -0.39 is 60.1 Å². The van der Waals surface area contributed by atoms with Crippen molar-refractivity contribution in [2.75, 3.05) is 26.7 Å². The molecule has 2 atom stereocenters. The first-order valence-corrected chi connectivity index (χ1v) is 13.6. The number of aryl methyl sites for hydroxylation is 1. The molecule has 1 fully saturated rings. The van der Waals surface area contributed by atoms with Crippen LogP contribution in [0.15, 0.2) is 66.7 Å². The van der Waals surface area contributed by atoms with Crippen molar-refractivity contribution in [1.82, 2.24) is 14.7 Å². The number of piperazine rings is 1. The highest BCUT2D eigenvalue weighted by molar-refractivity contribution is 5.76. The molecule has 1 aliphatic rings. The Hall–Kier alpha value is -4.29. The molecule has 3 aromatic carbocycles. The minimum atomic E-state index is -5.03. The molecular weight excluding hydrogens is 595 g/mol. The van der Waals surface area contributed by atoms with E-state index in [0.29, 0.717) is 23.3 Å². The lowest BCUT2D eigenvalue weighted by Crippen LogP contribution is -2.55. The van der Waals surface area contributed by atoms with E-state index in [2.05, 4.69) is 0 Å². The van der Waals surface area contributed by atoms with Crippen molar-refractivity contribution >= 4 is 12.1 Å². The zero-order valence-corrected chi connectivity index (χ0v) is 24.0. The summed E-state index contributed by atoms with van der Waals surface area (Å²) in [6.45, 7) is 2.74. The molecule has 0 spiro atoms. The Morgan fingerprint density at radius 3 is 2.11 bits per heavy atom. The van der Waals surface area contributed by atoms with Crippen molar-refractivity contribution in [2.45, 2.75) is 44.9 Å². The van der Waals surface area contributed by atoms with Crippen molar-refractivity contribution in [1.29, 1.82) is 0 Å². The van der Waals surface area contributed by atoms with Gasteiger partial charge in [0.05, 0.1) is 17.2 Å². The smallest absolute Gasteiger partial charge is 0.416 e. The molecular formula is C31H30F7N3O3. The van der Waals surface area contributed by atoms with Crippen molar-refractivity contribution < 1.29 is 45.1 Å². The maximum Gasteiger partial charge on any atom is 0.416 e. The molecule has 1 heterocycles. The molecule has 4 rings (SSSR count). The summed E-state index contributed by atoms with van der Waals surface area (Å²) in [4.78, 5) is 30.6. The van der Waals surface area contributed by atoms with Crippen LogP contribution in [0.5, 0.6) is 0 Å². The van der Waals surface area contributed by atoms with Crippen LogP contribution in [-0.2, 0) is 23.6 Å². The van der Waals surface area contributed by atoms with Crippen LogP contribution in [0.4, 0.5) is 40.3 Å². The van der Waals surface area contributed by atoms with Crippen LogP contribution in [0.25, 0.3) is 0 Å². The van der Waals surface area contributed by atoms with Gasteiger partial charge in [0.25, 0.3) is 0 Å². The summed E-state index contributed by atoms with van der Waals surface area (Å²) in [5.41, 5.74) is -1.57. The molecule has 0 unspecified atom stereocenters. The summed E-state index contributed by atoms with van der Waals surface area (Å²) in [6, 6.07) is 12.6. The number of hydrogen-bond donors (Lipinski definition) is 0. The number of urea groups is 1. The maximum atomic E-state index is 14.0. The second kappa shape index (κ2) is 12.7. The van der Waals surface area contributed by atoms with Gasteiger partial charge in [-0.25, -0.2) is 14.0 Å². The van der Waals surface area contributed by atoms with Gasteiger partial charge in [-0.2, -0.15) is 26.3 Å². The molecule has 236 valence electrons. The lowest BCUT2D eigenvalue weighted by atomic mass is 9.97. The third-order valence-corrected chi connectivity index (χ3v) is 7.42. The number of carbonyl (C=O) groups is 2. The molecule has 6 nitrogen and oxygen atoms in total. The summed E-state index contributed by atoms with van der Waals surface area (Å²) < 4.78 is 99.9. The maximum absolute atomic E-state index is 14.0. The van der Waals surface area contributed by atoms with Crippen LogP contribution in [0.2, 0.25) is 0 Å². The van der Waals surface area contributed by atoms with Gasteiger partial charge in [-0.15, -0.1) is 0 Å². The highest BCUT2D eigenvalue weighted by Crippen LogP contribution is 2.37. The van der Waals surface area contributed by atoms with Gasteiger partial charge in [-0.3, -0.25) is 0 Å². The van der Waals surface area contributed by atoms with E-state index >= 15 is 0 Å². The predicted octanol–water partition coefficient (Wildman–Crippen LogP) is 7.98. The Morgan fingerprint density at radius 2 is 1.55 bits per heavy atom. The zero-order chi connectivity index (χ0) is 32.4. The number of halogens is 7. The molecule has 1 aliphatic heterocycles. The fourth-order valence-electron chi connectivity index (χ4n) is 5.15. The average molecular weight is 626 g/mol. The number of alkyl halides is 6. The van der Waals surface area contributed by atoms with Gasteiger partial charge in [0, 0.05) is 33.2 Å². The molecule has 0 radical (unpaired) electrons. The molecule has 3 aromatic rings. The molecule has 44 heavy (non-hydrogen) atoms. The summed E-state index contributed by atoms with van der Waals surface area (Å²) in [5.74, 6) is -0.518. The number of hydrogen-bond acceptors (Lipinski definition) is 3. The highest BCUT2D eigenvalue weighted by Gasteiger charge is 2.39. The van der Waals surface area contributed by atoms with E-state index in [1.54, 1.807) is 38.1 Å². The van der Waals surface area contributed by atoms with Crippen LogP contribution in [0.1, 0.15) is 52.5 Å². The number of rotatable bonds is 5. The summed E-state index contributed by atoms with van der Waals surface area (Å²) >= 11 is 0. The lowest BCUT2D eigenvalue weighted by molar-refractivity contribution is -0.143. The Balaban J connectivity index is 1.58. The zero-order valence-electron chi connectivity index (χ0n) is 24.0. The standard InChI is InChI=1S/C31H30F7N3O3/c1-19-13-25(32)9-10-26(19)27-18-40(29(43)44-20(2)22-7-5-4-6-8-22)11-12-41(27)28(42)39(3)17-21-14-23(30(33,34)35)16-24(15-21)31(36,37)38/h4-10,13-16,20,27H,11-12,17-18H2,1-3H3/t20-,27-/m1/s1. The van der Waals surface area contributed by atoms with Gasteiger partial charge < -0.3 is 19.4 Å².